The fourth-order valence-corrected chi connectivity index (χ4v) is 7.80. The highest BCUT2D eigenvalue weighted by atomic mass is 16.5. The van der Waals surface area contributed by atoms with Crippen LogP contribution < -0.4 is 0 Å². The van der Waals surface area contributed by atoms with Crippen LogP contribution in [0.25, 0.3) is 0 Å². The molecule has 1 aliphatic heterocycles. The molecule has 1 N–H and O–H groups in total. The van der Waals surface area contributed by atoms with Gasteiger partial charge in [-0.05, 0) is 80.0 Å². The fourth-order valence-electron chi connectivity index (χ4n) is 7.80. The average Bonchev–Trinajstić information content (AvgIpc) is 3.15. The van der Waals surface area contributed by atoms with Crippen LogP contribution in [0.1, 0.15) is 76.8 Å². The van der Waals surface area contributed by atoms with Gasteiger partial charge in [0.1, 0.15) is 6.10 Å². The van der Waals surface area contributed by atoms with E-state index in [1.54, 1.807) is 11.1 Å². The number of ether oxygens (including phenoxy) is 1. The highest BCUT2D eigenvalue weighted by Crippen LogP contribution is 2.52. The Hall–Kier alpha value is -1.65. The van der Waals surface area contributed by atoms with Gasteiger partial charge in [-0.15, -0.1) is 0 Å². The van der Waals surface area contributed by atoms with Gasteiger partial charge in [-0.3, -0.25) is 9.69 Å². The summed E-state index contributed by atoms with van der Waals surface area (Å²) in [4.78, 5) is 14.4. The smallest absolute Gasteiger partial charge is 0.303 e. The molecule has 0 unspecified atom stereocenters. The lowest BCUT2D eigenvalue weighted by molar-refractivity contribution is -0.159. The molecule has 5 rings (SSSR count). The van der Waals surface area contributed by atoms with Crippen LogP contribution in [0.15, 0.2) is 35.9 Å². The standard InChI is InChI=1S/C29H41NO3/c1-18-14-26-23(12-11-20(3)29(26,32)16-28(18)33-21(4)31)19(2)17-30-13-7-10-25-24-9-6-5-8-22(24)15-27(25)30/h5-6,8-9,14,19-20,23,25-28,32H,7,10-13,15-17H2,1-4H3/t19-,20-,23+,25-,26-,27+,28-,29-/m1/s1. The van der Waals surface area contributed by atoms with Gasteiger partial charge < -0.3 is 9.84 Å². The van der Waals surface area contributed by atoms with E-state index in [0.717, 1.165) is 18.5 Å². The third kappa shape index (κ3) is 4.08. The minimum atomic E-state index is -0.787. The Morgan fingerprint density at radius 1 is 1.27 bits per heavy atom. The summed E-state index contributed by atoms with van der Waals surface area (Å²) in [5.41, 5.74) is 3.46. The highest BCUT2D eigenvalue weighted by molar-refractivity contribution is 5.66. The largest absolute Gasteiger partial charge is 0.458 e. The number of nitrogens with zero attached hydrogens (tertiary/aromatic N) is 1. The molecule has 0 radical (unpaired) electrons. The molecule has 4 nitrogen and oxygen atoms in total. The summed E-state index contributed by atoms with van der Waals surface area (Å²) < 4.78 is 5.59. The summed E-state index contributed by atoms with van der Waals surface area (Å²) in [5, 5.41) is 11.9. The molecular weight excluding hydrogens is 410 g/mol. The van der Waals surface area contributed by atoms with Crippen molar-refractivity contribution in [2.75, 3.05) is 13.1 Å². The number of hydrogen-bond acceptors (Lipinski definition) is 4. The van der Waals surface area contributed by atoms with E-state index in [-0.39, 0.29) is 23.9 Å². The van der Waals surface area contributed by atoms with Crippen molar-refractivity contribution >= 4 is 5.97 Å². The number of esters is 1. The summed E-state index contributed by atoms with van der Waals surface area (Å²) in [7, 11) is 0. The van der Waals surface area contributed by atoms with E-state index in [1.807, 2.05) is 0 Å². The molecule has 0 bridgehead atoms. The zero-order valence-electron chi connectivity index (χ0n) is 20.8. The molecule has 4 aliphatic rings. The van der Waals surface area contributed by atoms with Gasteiger partial charge in [0.05, 0.1) is 5.60 Å². The molecule has 180 valence electrons. The van der Waals surface area contributed by atoms with E-state index in [0.29, 0.717) is 30.2 Å². The van der Waals surface area contributed by atoms with Crippen LogP contribution in [0, 0.1) is 23.7 Å². The minimum absolute atomic E-state index is 0.143. The van der Waals surface area contributed by atoms with E-state index in [2.05, 4.69) is 56.0 Å². The summed E-state index contributed by atoms with van der Waals surface area (Å²) in [6.45, 7) is 10.4. The molecule has 0 amide bonds. The Kier molecular flexibility index (Phi) is 6.20. The Morgan fingerprint density at radius 2 is 2.06 bits per heavy atom. The van der Waals surface area contributed by atoms with Crippen molar-refractivity contribution in [3.8, 4) is 0 Å². The van der Waals surface area contributed by atoms with Crippen molar-refractivity contribution in [3.05, 3.63) is 47.0 Å². The van der Waals surface area contributed by atoms with E-state index in [1.165, 1.54) is 39.2 Å². The number of benzene rings is 1. The SMILES string of the molecule is CC(=O)O[C@@H]1C[C@@]2(O)[C@H](C)CC[C@@H]([C@H](C)CN3CCC[C@@H]4c5ccccc5C[C@@H]43)[C@H]2C=C1C. The van der Waals surface area contributed by atoms with Gasteiger partial charge in [-0.1, -0.05) is 44.2 Å². The van der Waals surface area contributed by atoms with Gasteiger partial charge >= 0.3 is 5.97 Å². The predicted octanol–water partition coefficient (Wildman–Crippen LogP) is 5.10. The number of carbonyl (C=O) groups excluding carboxylic acids is 1. The number of hydrogen-bond donors (Lipinski definition) is 1. The molecule has 3 aliphatic carbocycles. The molecule has 1 saturated carbocycles. The first-order valence-electron chi connectivity index (χ1n) is 13.2. The van der Waals surface area contributed by atoms with Crippen molar-refractivity contribution < 1.29 is 14.6 Å². The molecule has 8 atom stereocenters. The van der Waals surface area contributed by atoms with Gasteiger partial charge in [0, 0.05) is 37.8 Å². The van der Waals surface area contributed by atoms with Crippen LogP contribution in [0.5, 0.6) is 0 Å². The summed E-state index contributed by atoms with van der Waals surface area (Å²) in [6, 6.07) is 9.70. The van der Waals surface area contributed by atoms with Gasteiger partial charge in [-0.2, -0.15) is 0 Å². The third-order valence-corrected chi connectivity index (χ3v) is 9.63. The van der Waals surface area contributed by atoms with Crippen LogP contribution in [0.4, 0.5) is 0 Å². The molecule has 2 fully saturated rings. The van der Waals surface area contributed by atoms with Crippen LogP contribution in [-0.2, 0) is 16.0 Å². The van der Waals surface area contributed by atoms with Crippen molar-refractivity contribution in [2.24, 2.45) is 23.7 Å². The van der Waals surface area contributed by atoms with Crippen molar-refractivity contribution in [2.45, 2.75) is 89.9 Å². The quantitative estimate of drug-likeness (QED) is 0.511. The van der Waals surface area contributed by atoms with Gasteiger partial charge in [0.2, 0.25) is 0 Å². The maximum atomic E-state index is 11.9. The van der Waals surface area contributed by atoms with Crippen LogP contribution in [0.3, 0.4) is 0 Å². The Labute approximate surface area is 199 Å². The number of piperidine rings is 1. The first kappa shape index (κ1) is 23.1. The van der Waals surface area contributed by atoms with Gasteiger partial charge in [0.25, 0.3) is 0 Å². The van der Waals surface area contributed by atoms with E-state index >= 15 is 0 Å². The summed E-state index contributed by atoms with van der Waals surface area (Å²) >= 11 is 0. The minimum Gasteiger partial charge on any atom is -0.458 e. The lowest BCUT2D eigenvalue weighted by Gasteiger charge is -2.53. The van der Waals surface area contributed by atoms with Crippen molar-refractivity contribution in [1.82, 2.24) is 4.90 Å². The molecule has 1 aromatic rings. The van der Waals surface area contributed by atoms with Crippen LogP contribution in [-0.4, -0.2) is 46.8 Å². The lowest BCUT2D eigenvalue weighted by Crippen LogP contribution is -2.56. The predicted molar refractivity (Wildman–Crippen MR) is 131 cm³/mol. The van der Waals surface area contributed by atoms with Crippen LogP contribution >= 0.6 is 0 Å². The lowest BCUT2D eigenvalue weighted by atomic mass is 9.57. The van der Waals surface area contributed by atoms with E-state index in [9.17, 15) is 9.90 Å². The number of rotatable bonds is 4. The van der Waals surface area contributed by atoms with Crippen molar-refractivity contribution in [3.63, 3.8) is 0 Å². The van der Waals surface area contributed by atoms with E-state index < -0.39 is 5.60 Å². The zero-order chi connectivity index (χ0) is 23.3. The third-order valence-electron chi connectivity index (χ3n) is 9.63. The number of aliphatic hydroxyl groups is 1. The first-order valence-corrected chi connectivity index (χ1v) is 13.2. The normalized spacial score (nSPS) is 39.1. The Bertz CT molecular complexity index is 925. The second-order valence-corrected chi connectivity index (χ2v) is 11.6. The van der Waals surface area contributed by atoms with E-state index in [4.69, 9.17) is 4.74 Å². The average molecular weight is 452 g/mol. The molecule has 1 heterocycles. The molecule has 33 heavy (non-hydrogen) atoms. The molecule has 0 spiro atoms. The molecular formula is C29H41NO3. The second-order valence-electron chi connectivity index (χ2n) is 11.6. The molecule has 4 heteroatoms. The molecule has 0 aromatic heterocycles. The monoisotopic (exact) mass is 451 g/mol. The maximum absolute atomic E-state index is 11.9. The fraction of sp³-hybridized carbons (Fsp3) is 0.690. The van der Waals surface area contributed by atoms with Crippen molar-refractivity contribution in [1.29, 1.82) is 0 Å². The van der Waals surface area contributed by atoms with Gasteiger partial charge in [-0.25, -0.2) is 0 Å². The first-order chi connectivity index (χ1) is 15.8. The number of carbonyl (C=O) groups is 1. The van der Waals surface area contributed by atoms with Gasteiger partial charge in [0.15, 0.2) is 0 Å². The maximum Gasteiger partial charge on any atom is 0.303 e. The molecule has 1 saturated heterocycles. The zero-order valence-corrected chi connectivity index (χ0v) is 20.8. The molecule has 1 aromatic carbocycles. The summed E-state index contributed by atoms with van der Waals surface area (Å²) in [5.74, 6) is 1.77. The number of likely N-dealkylation sites (tertiary alicyclic amines) is 1. The van der Waals surface area contributed by atoms with Crippen LogP contribution in [0.2, 0.25) is 0 Å². The summed E-state index contributed by atoms with van der Waals surface area (Å²) in [6.07, 6.45) is 8.49. The topological polar surface area (TPSA) is 49.8 Å². The highest BCUT2D eigenvalue weighted by Gasteiger charge is 2.53. The Morgan fingerprint density at radius 3 is 2.85 bits per heavy atom. The number of fused-ring (bicyclic) bond motifs is 4. The Balaban J connectivity index is 1.34. The second kappa shape index (κ2) is 8.85.